The Bertz CT molecular complexity index is 224. The van der Waals surface area contributed by atoms with E-state index in [1.54, 1.807) is 18.2 Å². The van der Waals surface area contributed by atoms with Gasteiger partial charge in [0.1, 0.15) is 0 Å². The van der Waals surface area contributed by atoms with Crippen molar-refractivity contribution in [1.82, 2.24) is 0 Å². The van der Waals surface area contributed by atoms with Crippen LogP contribution in [0.3, 0.4) is 0 Å². The Hall–Kier alpha value is 1.66. The van der Waals surface area contributed by atoms with Crippen molar-refractivity contribution in [3.63, 3.8) is 0 Å². The molecule has 0 unspecified atom stereocenters. The number of rotatable bonds is 0. The molecule has 0 saturated carbocycles. The number of hydrogen-bond acceptors (Lipinski definition) is 0. The Morgan fingerprint density at radius 3 is 1.90 bits per heavy atom. The van der Waals surface area contributed by atoms with Gasteiger partial charge in [-0.05, 0) is 18.2 Å². The molecule has 0 aliphatic carbocycles. The fraction of sp³-hybridized carbons (Fsp3) is 0. The molecule has 0 spiro atoms. The number of benzene rings is 1. The van der Waals surface area contributed by atoms with Crippen LogP contribution in [-0.4, -0.2) is 48.9 Å². The normalized spacial score (nSPS) is 8.70. The first-order valence-electron chi connectivity index (χ1n) is 2.30. The van der Waals surface area contributed by atoms with Crippen LogP contribution >= 0.6 is 34.8 Å². The van der Waals surface area contributed by atoms with Crippen LogP contribution in [0.2, 0.25) is 15.1 Å². The largest absolute Gasteiger partial charge is 0.0843 e. The van der Waals surface area contributed by atoms with Crippen molar-refractivity contribution in [2.24, 2.45) is 0 Å². The molecule has 4 heteroatoms. The van der Waals surface area contributed by atoms with Gasteiger partial charge in [-0.3, -0.25) is 0 Å². The minimum atomic E-state index is 0. The quantitative estimate of drug-likeness (QED) is 0.509. The third kappa shape index (κ3) is 3.37. The van der Waals surface area contributed by atoms with Crippen molar-refractivity contribution in [2.45, 2.75) is 0 Å². The SMILES string of the molecule is Clc1ccc(Cl)c(Cl)c1.[Ba]. The monoisotopic (exact) mass is 318 g/mol. The fourth-order valence-electron chi connectivity index (χ4n) is 0.470. The zero-order valence-electron chi connectivity index (χ0n) is 5.07. The van der Waals surface area contributed by atoms with Gasteiger partial charge in [-0.2, -0.15) is 0 Å². The van der Waals surface area contributed by atoms with Crippen LogP contribution in [0, 0.1) is 0 Å². The summed E-state index contributed by atoms with van der Waals surface area (Å²) in [5, 5.41) is 1.62. The summed E-state index contributed by atoms with van der Waals surface area (Å²) >= 11 is 16.8. The molecule has 1 aromatic carbocycles. The first-order chi connectivity index (χ1) is 4.20. The van der Waals surface area contributed by atoms with Crippen LogP contribution in [0.4, 0.5) is 0 Å². The third-order valence-electron chi connectivity index (χ3n) is 0.882. The second-order valence-corrected chi connectivity index (χ2v) is 2.81. The molecule has 0 fully saturated rings. The van der Waals surface area contributed by atoms with Crippen LogP contribution in [0.1, 0.15) is 0 Å². The molecule has 50 valence electrons. The molecule has 0 saturated heterocycles. The van der Waals surface area contributed by atoms with E-state index in [2.05, 4.69) is 0 Å². The first kappa shape index (κ1) is 11.7. The van der Waals surface area contributed by atoms with E-state index < -0.39 is 0 Å². The molecule has 0 heterocycles. The fourth-order valence-corrected chi connectivity index (χ4v) is 0.997. The Kier molecular flexibility index (Phi) is 6.22. The third-order valence-corrected chi connectivity index (χ3v) is 1.86. The van der Waals surface area contributed by atoms with Crippen LogP contribution in [0.5, 0.6) is 0 Å². The predicted octanol–water partition coefficient (Wildman–Crippen LogP) is 3.27. The number of halogens is 3. The van der Waals surface area contributed by atoms with Gasteiger partial charge >= 0.3 is 0 Å². The summed E-state index contributed by atoms with van der Waals surface area (Å²) in [6, 6.07) is 4.95. The van der Waals surface area contributed by atoms with E-state index in [-0.39, 0.29) is 48.9 Å². The standard InChI is InChI=1S/C6H3Cl3.Ba/c7-4-1-2-5(8)6(9)3-4;/h1-3H;. The van der Waals surface area contributed by atoms with Crippen LogP contribution in [-0.2, 0) is 0 Å². The zero-order valence-corrected chi connectivity index (χ0v) is 11.8. The van der Waals surface area contributed by atoms with Gasteiger partial charge in [-0.1, -0.05) is 34.8 Å². The molecule has 0 atom stereocenters. The Morgan fingerprint density at radius 2 is 1.50 bits per heavy atom. The van der Waals surface area contributed by atoms with E-state index in [1.807, 2.05) is 0 Å². The molecule has 0 aliphatic rings. The topological polar surface area (TPSA) is 0 Å². The average molecular weight is 319 g/mol. The van der Waals surface area contributed by atoms with Crippen LogP contribution in [0.15, 0.2) is 18.2 Å². The summed E-state index contributed by atoms with van der Waals surface area (Å²) in [5.41, 5.74) is 0. The van der Waals surface area contributed by atoms with Gasteiger partial charge in [-0.15, -0.1) is 0 Å². The molecule has 2 radical (unpaired) electrons. The van der Waals surface area contributed by atoms with Crippen molar-refractivity contribution in [3.05, 3.63) is 33.3 Å². The minimum absolute atomic E-state index is 0. The van der Waals surface area contributed by atoms with E-state index >= 15 is 0 Å². The van der Waals surface area contributed by atoms with Crippen molar-refractivity contribution >= 4 is 83.7 Å². The molecule has 0 bridgehead atoms. The van der Waals surface area contributed by atoms with E-state index in [1.165, 1.54) is 0 Å². The molecule has 0 nitrogen and oxygen atoms in total. The molecule has 1 aromatic rings. The zero-order chi connectivity index (χ0) is 6.85. The molecular weight excluding hydrogens is 316 g/mol. The Morgan fingerprint density at radius 1 is 0.900 bits per heavy atom. The second-order valence-electron chi connectivity index (χ2n) is 1.56. The summed E-state index contributed by atoms with van der Waals surface area (Å²) in [6.07, 6.45) is 0. The maximum Gasteiger partial charge on any atom is 0.0607 e. The predicted molar refractivity (Wildman–Crippen MR) is 47.2 cm³/mol. The van der Waals surface area contributed by atoms with Gasteiger partial charge in [0.2, 0.25) is 0 Å². The van der Waals surface area contributed by atoms with Crippen molar-refractivity contribution < 1.29 is 0 Å². The summed E-state index contributed by atoms with van der Waals surface area (Å²) in [4.78, 5) is 0. The molecule has 0 aliphatic heterocycles. The Balaban J connectivity index is 0.000000810. The molecule has 0 N–H and O–H groups in total. The Labute approximate surface area is 115 Å². The van der Waals surface area contributed by atoms with Crippen molar-refractivity contribution in [1.29, 1.82) is 0 Å². The molecular formula is C6H3BaCl3. The van der Waals surface area contributed by atoms with Gasteiger partial charge < -0.3 is 0 Å². The maximum absolute atomic E-state index is 5.60. The molecule has 10 heavy (non-hydrogen) atoms. The first-order valence-corrected chi connectivity index (χ1v) is 3.44. The smallest absolute Gasteiger partial charge is 0.0607 e. The van der Waals surface area contributed by atoms with E-state index in [9.17, 15) is 0 Å². The molecule has 0 amide bonds. The summed E-state index contributed by atoms with van der Waals surface area (Å²) in [7, 11) is 0. The van der Waals surface area contributed by atoms with E-state index in [0.717, 1.165) is 0 Å². The van der Waals surface area contributed by atoms with E-state index in [0.29, 0.717) is 15.1 Å². The summed E-state index contributed by atoms with van der Waals surface area (Å²) in [6.45, 7) is 0. The van der Waals surface area contributed by atoms with Gasteiger partial charge in [0.05, 0.1) is 10.0 Å². The minimum Gasteiger partial charge on any atom is -0.0843 e. The number of hydrogen-bond donors (Lipinski definition) is 0. The van der Waals surface area contributed by atoms with Gasteiger partial charge in [0.15, 0.2) is 0 Å². The van der Waals surface area contributed by atoms with Gasteiger partial charge in [0.25, 0.3) is 0 Å². The summed E-state index contributed by atoms with van der Waals surface area (Å²) in [5.74, 6) is 0. The van der Waals surface area contributed by atoms with Gasteiger partial charge in [0, 0.05) is 53.9 Å². The average Bonchev–Trinajstić information content (AvgIpc) is 1.80. The van der Waals surface area contributed by atoms with Gasteiger partial charge in [-0.25, -0.2) is 0 Å². The maximum atomic E-state index is 5.60. The van der Waals surface area contributed by atoms with Crippen LogP contribution < -0.4 is 0 Å². The second kappa shape index (κ2) is 5.33. The molecule has 0 aromatic heterocycles. The van der Waals surface area contributed by atoms with E-state index in [4.69, 9.17) is 34.8 Å². The van der Waals surface area contributed by atoms with Crippen molar-refractivity contribution in [3.8, 4) is 0 Å². The molecule has 1 rings (SSSR count). The van der Waals surface area contributed by atoms with Crippen molar-refractivity contribution in [2.75, 3.05) is 0 Å². The van der Waals surface area contributed by atoms with Crippen LogP contribution in [0.25, 0.3) is 0 Å². The summed E-state index contributed by atoms with van der Waals surface area (Å²) < 4.78 is 0.